The Hall–Kier alpha value is -1.79. The highest BCUT2D eigenvalue weighted by atomic mass is 32.1. The summed E-state index contributed by atoms with van der Waals surface area (Å²) in [6.07, 6.45) is 6.02. The third kappa shape index (κ3) is 1.46. The zero-order chi connectivity index (χ0) is 11.9. The number of rotatable bonds is 1. The van der Waals surface area contributed by atoms with E-state index in [9.17, 15) is 0 Å². The lowest BCUT2D eigenvalue weighted by Crippen LogP contribution is -2.34. The Morgan fingerprint density at radius 2 is 2.33 bits per heavy atom. The molecule has 0 saturated heterocycles. The Bertz CT molecular complexity index is 833. The fraction of sp³-hybridized carbons (Fsp3) is 0.0833. The van der Waals surface area contributed by atoms with Crippen LogP contribution in [0.2, 0.25) is 0 Å². The Morgan fingerprint density at radius 1 is 1.33 bits per heavy atom. The molecule has 0 spiro atoms. The molecule has 4 rings (SSSR count). The molecule has 0 bridgehead atoms. The van der Waals surface area contributed by atoms with Crippen LogP contribution in [0.1, 0.15) is 0 Å². The second-order valence-electron chi connectivity index (χ2n) is 3.88. The number of nitrogens with zero attached hydrogens (tertiary/aromatic N) is 4. The Balaban J connectivity index is 1.92. The lowest BCUT2D eigenvalue weighted by atomic mass is 10.3. The highest BCUT2D eigenvalue weighted by Gasteiger charge is 2.13. The molecule has 18 heavy (non-hydrogen) atoms. The van der Waals surface area contributed by atoms with Crippen LogP contribution in [-0.2, 0) is 0 Å². The van der Waals surface area contributed by atoms with Crippen molar-refractivity contribution < 1.29 is 0 Å². The van der Waals surface area contributed by atoms with Crippen molar-refractivity contribution >= 4 is 51.0 Å². The van der Waals surface area contributed by atoms with Gasteiger partial charge in [0.15, 0.2) is 11.3 Å². The smallest absolute Gasteiger partial charge is 0.153 e. The van der Waals surface area contributed by atoms with Crippen LogP contribution in [0.5, 0.6) is 0 Å². The van der Waals surface area contributed by atoms with Gasteiger partial charge >= 0.3 is 0 Å². The van der Waals surface area contributed by atoms with Gasteiger partial charge in [-0.3, -0.25) is 0 Å². The fourth-order valence-electron chi connectivity index (χ4n) is 1.98. The predicted octanol–water partition coefficient (Wildman–Crippen LogP) is 0.987. The molecule has 0 aliphatic carbocycles. The summed E-state index contributed by atoms with van der Waals surface area (Å²) < 4.78 is 2.30. The first-order valence-electron chi connectivity index (χ1n) is 5.41. The van der Waals surface area contributed by atoms with Gasteiger partial charge in [0.1, 0.15) is 0 Å². The maximum atomic E-state index is 4.46. The van der Waals surface area contributed by atoms with Crippen molar-refractivity contribution in [1.29, 1.82) is 0 Å². The van der Waals surface area contributed by atoms with Crippen molar-refractivity contribution in [3.8, 4) is 0 Å². The van der Waals surface area contributed by atoms with Gasteiger partial charge in [-0.1, -0.05) is 0 Å². The van der Waals surface area contributed by atoms with E-state index in [0.717, 1.165) is 27.9 Å². The quantitative estimate of drug-likeness (QED) is 0.662. The maximum absolute atomic E-state index is 4.46. The van der Waals surface area contributed by atoms with Crippen LogP contribution in [0, 0.1) is 5.51 Å². The van der Waals surface area contributed by atoms with E-state index in [1.807, 2.05) is 17.8 Å². The molecule has 6 heteroatoms. The fourth-order valence-corrected chi connectivity index (χ4v) is 3.37. The molecule has 3 aromatic heterocycles. The van der Waals surface area contributed by atoms with Crippen molar-refractivity contribution in [2.24, 2.45) is 0 Å². The highest BCUT2D eigenvalue weighted by molar-refractivity contribution is 7.17. The number of fused-ring (bicyclic) bond motifs is 2. The molecule has 0 aromatic carbocycles. The minimum Gasteiger partial charge on any atom is -0.326 e. The predicted molar refractivity (Wildman–Crippen MR) is 73.9 cm³/mol. The van der Waals surface area contributed by atoms with Crippen LogP contribution < -0.4 is 14.8 Å². The number of anilines is 1. The van der Waals surface area contributed by atoms with Gasteiger partial charge in [0.25, 0.3) is 0 Å². The third-order valence-corrected chi connectivity index (χ3v) is 4.45. The van der Waals surface area contributed by atoms with Gasteiger partial charge in [0, 0.05) is 18.9 Å². The van der Waals surface area contributed by atoms with Gasteiger partial charge in [-0.2, -0.15) is 0 Å². The molecular formula is C12H7N4S2. The normalized spacial score (nSPS) is 14.1. The molecule has 1 aliphatic heterocycles. The van der Waals surface area contributed by atoms with Crippen molar-refractivity contribution in [1.82, 2.24) is 15.0 Å². The summed E-state index contributed by atoms with van der Waals surface area (Å²) in [7, 11) is 0. The van der Waals surface area contributed by atoms with E-state index < -0.39 is 0 Å². The zero-order valence-electron chi connectivity index (χ0n) is 9.20. The monoisotopic (exact) mass is 271 g/mol. The molecule has 0 saturated carbocycles. The van der Waals surface area contributed by atoms with Crippen LogP contribution in [0.4, 0.5) is 5.82 Å². The van der Waals surface area contributed by atoms with Gasteiger partial charge < -0.3 is 4.90 Å². The van der Waals surface area contributed by atoms with E-state index in [2.05, 4.69) is 31.4 Å². The highest BCUT2D eigenvalue weighted by Crippen LogP contribution is 2.27. The summed E-state index contributed by atoms with van der Waals surface area (Å²) in [6.45, 7) is 0.819. The van der Waals surface area contributed by atoms with E-state index in [4.69, 9.17) is 0 Å². The van der Waals surface area contributed by atoms with Gasteiger partial charge in [-0.05, 0) is 12.1 Å². The number of hydrogen-bond acceptors (Lipinski definition) is 6. The van der Waals surface area contributed by atoms with Crippen molar-refractivity contribution in [2.75, 3.05) is 11.4 Å². The Morgan fingerprint density at radius 3 is 3.33 bits per heavy atom. The first-order valence-corrected chi connectivity index (χ1v) is 7.11. The van der Waals surface area contributed by atoms with Crippen LogP contribution in [0.3, 0.4) is 0 Å². The molecule has 87 valence electrons. The van der Waals surface area contributed by atoms with E-state index in [1.54, 1.807) is 17.5 Å². The SMILES string of the molecule is [c]1nc2ccnc(N3C=c4ncsc4=CC3)c2s1. The standard InChI is InChI=1S/C12H7N4S2/c1-3-13-12(11-8(1)14-7-18-11)16-4-2-10-9(5-16)15-6-17-10/h1-3,5-6H,4H2. The van der Waals surface area contributed by atoms with Crippen molar-refractivity contribution in [3.05, 3.63) is 33.2 Å². The van der Waals surface area contributed by atoms with Gasteiger partial charge in [0.05, 0.1) is 25.6 Å². The number of aromatic nitrogens is 3. The molecule has 3 aromatic rings. The summed E-state index contributed by atoms with van der Waals surface area (Å²) in [5.74, 6) is 0.932. The molecular weight excluding hydrogens is 264 g/mol. The number of pyridine rings is 1. The summed E-state index contributed by atoms with van der Waals surface area (Å²) in [5, 5.41) is 1.01. The van der Waals surface area contributed by atoms with E-state index in [0.29, 0.717) is 0 Å². The minimum atomic E-state index is 0.819. The van der Waals surface area contributed by atoms with Crippen molar-refractivity contribution in [3.63, 3.8) is 0 Å². The summed E-state index contributed by atoms with van der Waals surface area (Å²) in [6, 6.07) is 1.91. The topological polar surface area (TPSA) is 41.9 Å². The first kappa shape index (κ1) is 10.2. The lowest BCUT2D eigenvalue weighted by Gasteiger charge is -2.19. The first-order chi connectivity index (χ1) is 8.92. The average Bonchev–Trinajstić information content (AvgIpc) is 3.05. The summed E-state index contributed by atoms with van der Waals surface area (Å²) in [4.78, 5) is 15.1. The number of hydrogen-bond donors (Lipinski definition) is 0. The van der Waals surface area contributed by atoms with Gasteiger partial charge in [-0.15, -0.1) is 22.7 Å². The second-order valence-corrected chi connectivity index (χ2v) is 5.56. The summed E-state index contributed by atoms with van der Waals surface area (Å²) in [5.41, 5.74) is 5.74. The minimum absolute atomic E-state index is 0.819. The molecule has 0 N–H and O–H groups in total. The molecule has 1 aliphatic rings. The molecule has 0 amide bonds. The molecule has 4 nitrogen and oxygen atoms in total. The van der Waals surface area contributed by atoms with Crippen LogP contribution in [-0.4, -0.2) is 21.5 Å². The molecule has 4 heterocycles. The largest absolute Gasteiger partial charge is 0.326 e. The molecule has 0 unspecified atom stereocenters. The molecule has 1 radical (unpaired) electrons. The average molecular weight is 271 g/mol. The van der Waals surface area contributed by atoms with Crippen molar-refractivity contribution in [2.45, 2.75) is 0 Å². The molecule has 0 atom stereocenters. The third-order valence-electron chi connectivity index (χ3n) is 2.83. The van der Waals surface area contributed by atoms with E-state index in [1.165, 1.54) is 15.9 Å². The molecule has 0 fully saturated rings. The van der Waals surface area contributed by atoms with E-state index >= 15 is 0 Å². The lowest BCUT2D eigenvalue weighted by molar-refractivity contribution is 1.09. The Labute approximate surface area is 111 Å². The van der Waals surface area contributed by atoms with Crippen LogP contribution >= 0.6 is 22.7 Å². The Kier molecular flexibility index (Phi) is 2.18. The number of thiazole rings is 2. The zero-order valence-corrected chi connectivity index (χ0v) is 10.8. The van der Waals surface area contributed by atoms with Crippen LogP contribution in [0.15, 0.2) is 17.8 Å². The van der Waals surface area contributed by atoms with Gasteiger partial charge in [0.2, 0.25) is 0 Å². The maximum Gasteiger partial charge on any atom is 0.153 e. The van der Waals surface area contributed by atoms with Crippen LogP contribution in [0.25, 0.3) is 22.5 Å². The van der Waals surface area contributed by atoms with E-state index in [-0.39, 0.29) is 0 Å². The second kappa shape index (κ2) is 3.86. The van der Waals surface area contributed by atoms with Gasteiger partial charge in [-0.25, -0.2) is 15.0 Å². The summed E-state index contributed by atoms with van der Waals surface area (Å²) >= 11 is 3.17.